The van der Waals surface area contributed by atoms with E-state index < -0.39 is 6.10 Å². The van der Waals surface area contributed by atoms with Crippen LogP contribution in [0.5, 0.6) is 5.75 Å². The van der Waals surface area contributed by atoms with Crippen molar-refractivity contribution < 1.29 is 9.53 Å². The lowest BCUT2D eigenvalue weighted by molar-refractivity contribution is -0.125. The van der Waals surface area contributed by atoms with Gasteiger partial charge in [-0.15, -0.1) is 0 Å². The van der Waals surface area contributed by atoms with Gasteiger partial charge in [-0.25, -0.2) is 0 Å². The smallest absolute Gasteiger partial charge is 0.268 e. The van der Waals surface area contributed by atoms with E-state index in [4.69, 9.17) is 10.00 Å². The predicted octanol–water partition coefficient (Wildman–Crippen LogP) is 2.62. The summed E-state index contributed by atoms with van der Waals surface area (Å²) in [6, 6.07) is 7.86. The van der Waals surface area contributed by atoms with E-state index in [9.17, 15) is 4.79 Å². The number of nitrogens with zero attached hydrogens (tertiary/aromatic N) is 2. The highest BCUT2D eigenvalue weighted by Gasteiger charge is 2.32. The fourth-order valence-corrected chi connectivity index (χ4v) is 2.11. The molecule has 1 aromatic rings. The molecule has 0 aromatic heterocycles. The Morgan fingerprint density at radius 1 is 1.42 bits per heavy atom. The highest BCUT2D eigenvalue weighted by Crippen LogP contribution is 2.37. The molecule has 1 aromatic carbocycles. The summed E-state index contributed by atoms with van der Waals surface area (Å²) in [5.41, 5.74) is 1.79. The van der Waals surface area contributed by atoms with Crippen molar-refractivity contribution in [2.75, 3.05) is 11.4 Å². The van der Waals surface area contributed by atoms with E-state index in [-0.39, 0.29) is 17.9 Å². The first-order valence-corrected chi connectivity index (χ1v) is 6.34. The Morgan fingerprint density at radius 3 is 2.68 bits per heavy atom. The zero-order valence-corrected chi connectivity index (χ0v) is 11.7. The van der Waals surface area contributed by atoms with Gasteiger partial charge in [0.25, 0.3) is 5.91 Å². The maximum Gasteiger partial charge on any atom is 0.268 e. The number of hydrogen-bond acceptors (Lipinski definition) is 3. The van der Waals surface area contributed by atoms with E-state index in [2.05, 4.69) is 20.8 Å². The third-order valence-electron chi connectivity index (χ3n) is 3.26. The lowest BCUT2D eigenvalue weighted by Crippen LogP contribution is -2.44. The number of hydrogen-bond donors (Lipinski definition) is 0. The Morgan fingerprint density at radius 2 is 2.11 bits per heavy atom. The Bertz CT molecular complexity index is 552. The summed E-state index contributed by atoms with van der Waals surface area (Å²) in [5.74, 6) is 0.496. The van der Waals surface area contributed by atoms with E-state index in [0.717, 1.165) is 5.56 Å². The SMILES string of the molecule is CC1Oc2ccc(C(C)(C)C)cc2N(CC#N)C1=O. The van der Waals surface area contributed by atoms with Crippen molar-refractivity contribution in [3.05, 3.63) is 23.8 Å². The summed E-state index contributed by atoms with van der Waals surface area (Å²) in [4.78, 5) is 13.6. The van der Waals surface area contributed by atoms with E-state index in [0.29, 0.717) is 11.4 Å². The van der Waals surface area contributed by atoms with Crippen LogP contribution in [0.15, 0.2) is 18.2 Å². The summed E-state index contributed by atoms with van der Waals surface area (Å²) in [6.45, 7) is 8.08. The molecule has 1 amide bonds. The van der Waals surface area contributed by atoms with Gasteiger partial charge >= 0.3 is 0 Å². The molecule has 1 aliphatic rings. The number of ether oxygens (including phenoxy) is 1. The van der Waals surface area contributed by atoms with Crippen LogP contribution in [0.25, 0.3) is 0 Å². The van der Waals surface area contributed by atoms with Crippen LogP contribution in [-0.2, 0) is 10.2 Å². The number of fused-ring (bicyclic) bond motifs is 1. The van der Waals surface area contributed by atoms with Gasteiger partial charge in [0, 0.05) is 0 Å². The van der Waals surface area contributed by atoms with E-state index >= 15 is 0 Å². The van der Waals surface area contributed by atoms with Gasteiger partial charge in [-0.2, -0.15) is 5.26 Å². The quantitative estimate of drug-likeness (QED) is 0.728. The Labute approximate surface area is 113 Å². The molecule has 0 saturated heterocycles. The van der Waals surface area contributed by atoms with Crippen LogP contribution in [0.4, 0.5) is 5.69 Å². The minimum absolute atomic E-state index is 0.0144. The molecule has 4 heteroatoms. The minimum Gasteiger partial charge on any atom is -0.479 e. The van der Waals surface area contributed by atoms with Gasteiger partial charge in [-0.05, 0) is 30.0 Å². The largest absolute Gasteiger partial charge is 0.479 e. The zero-order chi connectivity index (χ0) is 14.2. The molecule has 4 nitrogen and oxygen atoms in total. The van der Waals surface area contributed by atoms with E-state index in [1.165, 1.54) is 4.90 Å². The summed E-state index contributed by atoms with van der Waals surface area (Å²) in [6.07, 6.45) is -0.540. The van der Waals surface area contributed by atoms with Crippen LogP contribution in [0.1, 0.15) is 33.3 Å². The molecule has 1 unspecified atom stereocenters. The highest BCUT2D eigenvalue weighted by atomic mass is 16.5. The van der Waals surface area contributed by atoms with Gasteiger partial charge in [-0.1, -0.05) is 26.8 Å². The number of anilines is 1. The molecule has 100 valence electrons. The van der Waals surface area contributed by atoms with Crippen molar-refractivity contribution in [3.63, 3.8) is 0 Å². The maximum atomic E-state index is 12.1. The van der Waals surface area contributed by atoms with Crippen molar-refractivity contribution in [2.45, 2.75) is 39.2 Å². The van der Waals surface area contributed by atoms with Crippen molar-refractivity contribution in [1.82, 2.24) is 0 Å². The number of carbonyl (C=O) groups is 1. The Hall–Kier alpha value is -2.02. The third kappa shape index (κ3) is 2.41. The first-order chi connectivity index (χ1) is 8.84. The van der Waals surface area contributed by atoms with E-state index in [1.54, 1.807) is 6.92 Å². The molecule has 1 atom stereocenters. The molecule has 2 rings (SSSR count). The highest BCUT2D eigenvalue weighted by molar-refractivity contribution is 6.00. The third-order valence-corrected chi connectivity index (χ3v) is 3.26. The summed E-state index contributed by atoms with van der Waals surface area (Å²) < 4.78 is 5.59. The molecule has 0 aliphatic carbocycles. The van der Waals surface area contributed by atoms with Crippen LogP contribution < -0.4 is 9.64 Å². The summed E-state index contributed by atoms with van der Waals surface area (Å²) in [7, 11) is 0. The standard InChI is InChI=1S/C15H18N2O2/c1-10-14(18)17(8-7-16)12-9-11(15(2,3)4)5-6-13(12)19-10/h5-6,9-10H,8H2,1-4H3. The first-order valence-electron chi connectivity index (χ1n) is 6.34. The normalized spacial score (nSPS) is 18.6. The minimum atomic E-state index is -0.540. The molecular formula is C15H18N2O2. The van der Waals surface area contributed by atoms with Gasteiger partial charge in [0.15, 0.2) is 6.10 Å². The van der Waals surface area contributed by atoms with Gasteiger partial charge in [0.1, 0.15) is 12.3 Å². The number of benzene rings is 1. The Kier molecular flexibility index (Phi) is 3.23. The van der Waals surface area contributed by atoms with Crippen LogP contribution >= 0.6 is 0 Å². The molecular weight excluding hydrogens is 240 g/mol. The van der Waals surface area contributed by atoms with Crippen LogP contribution in [0.3, 0.4) is 0 Å². The number of rotatable bonds is 1. The van der Waals surface area contributed by atoms with Crippen LogP contribution in [0, 0.1) is 11.3 Å². The second kappa shape index (κ2) is 4.58. The number of nitriles is 1. The first kappa shape index (κ1) is 13.4. The average Bonchev–Trinajstić information content (AvgIpc) is 2.33. The second-order valence-corrected chi connectivity index (χ2v) is 5.78. The molecule has 0 bridgehead atoms. The van der Waals surface area contributed by atoms with Crippen molar-refractivity contribution in [3.8, 4) is 11.8 Å². The summed E-state index contributed by atoms with van der Waals surface area (Å²) >= 11 is 0. The summed E-state index contributed by atoms with van der Waals surface area (Å²) in [5, 5.41) is 8.89. The van der Waals surface area contributed by atoms with Crippen molar-refractivity contribution in [1.29, 1.82) is 5.26 Å². The topological polar surface area (TPSA) is 53.3 Å². The van der Waals surface area contributed by atoms with Gasteiger partial charge in [0.2, 0.25) is 0 Å². The van der Waals surface area contributed by atoms with Crippen molar-refractivity contribution >= 4 is 11.6 Å². The average molecular weight is 258 g/mol. The number of carbonyl (C=O) groups excluding carboxylic acids is 1. The monoisotopic (exact) mass is 258 g/mol. The van der Waals surface area contributed by atoms with E-state index in [1.807, 2.05) is 24.3 Å². The molecule has 1 heterocycles. The molecule has 0 saturated carbocycles. The molecule has 0 N–H and O–H groups in total. The van der Waals surface area contributed by atoms with Gasteiger partial charge in [-0.3, -0.25) is 9.69 Å². The predicted molar refractivity (Wildman–Crippen MR) is 73.2 cm³/mol. The molecule has 0 radical (unpaired) electrons. The fourth-order valence-electron chi connectivity index (χ4n) is 2.11. The Balaban J connectivity index is 2.52. The van der Waals surface area contributed by atoms with Crippen LogP contribution in [0.2, 0.25) is 0 Å². The molecule has 0 fully saturated rings. The lowest BCUT2D eigenvalue weighted by atomic mass is 9.86. The molecule has 0 spiro atoms. The van der Waals surface area contributed by atoms with Gasteiger partial charge < -0.3 is 4.74 Å². The molecule has 1 aliphatic heterocycles. The second-order valence-electron chi connectivity index (χ2n) is 5.78. The maximum absolute atomic E-state index is 12.1. The van der Waals surface area contributed by atoms with Crippen molar-refractivity contribution in [2.24, 2.45) is 0 Å². The zero-order valence-electron chi connectivity index (χ0n) is 11.7. The molecule has 19 heavy (non-hydrogen) atoms. The lowest BCUT2D eigenvalue weighted by Gasteiger charge is -2.33. The van der Waals surface area contributed by atoms with Gasteiger partial charge in [0.05, 0.1) is 11.8 Å². The van der Waals surface area contributed by atoms with Crippen LogP contribution in [-0.4, -0.2) is 18.6 Å². The number of amides is 1. The fraction of sp³-hybridized carbons (Fsp3) is 0.467.